The Morgan fingerprint density at radius 2 is 1.41 bits per heavy atom. The summed E-state index contributed by atoms with van der Waals surface area (Å²) in [5.74, 6) is 0. The number of benzene rings is 4. The quantitative estimate of drug-likeness (QED) is 0.204. The van der Waals surface area contributed by atoms with Crippen LogP contribution in [0.1, 0.15) is 20.8 Å². The first kappa shape index (κ1) is 22.3. The zero-order valence-electron chi connectivity index (χ0n) is 21.2. The van der Waals surface area contributed by atoms with E-state index in [1.165, 1.54) is 5.39 Å². The van der Waals surface area contributed by atoms with Crippen molar-refractivity contribution in [2.45, 2.75) is 32.5 Å². The van der Waals surface area contributed by atoms with Gasteiger partial charge in [-0.1, -0.05) is 97.1 Å². The molecule has 2 aromatic heterocycles. The molecular weight excluding hydrogens is 455 g/mol. The standard InChI is InChI=1S/C32H27BN2O2/c1-21-32(2,3)37-33(36-21)24-18-19-28-27(20-24)25-16-10-11-17-26(25)31-34-29(22-12-6-4-7-13-22)30(35(28)31)23-14-8-5-9-15-23/h4-21H,1-3H3. The summed E-state index contributed by atoms with van der Waals surface area (Å²) in [6.07, 6.45) is 0.0131. The fourth-order valence-corrected chi connectivity index (χ4v) is 5.41. The highest BCUT2D eigenvalue weighted by Gasteiger charge is 2.43. The van der Waals surface area contributed by atoms with Gasteiger partial charge in [-0.15, -0.1) is 0 Å². The Balaban J connectivity index is 1.58. The Kier molecular flexibility index (Phi) is 5.00. The number of fused-ring (bicyclic) bond motifs is 6. The molecule has 1 aliphatic heterocycles. The molecule has 0 N–H and O–H groups in total. The predicted molar refractivity (Wildman–Crippen MR) is 152 cm³/mol. The maximum Gasteiger partial charge on any atom is 0.494 e. The Morgan fingerprint density at radius 3 is 2.08 bits per heavy atom. The summed E-state index contributed by atoms with van der Waals surface area (Å²) >= 11 is 0. The Bertz CT molecular complexity index is 1780. The zero-order valence-corrected chi connectivity index (χ0v) is 21.2. The molecule has 0 radical (unpaired) electrons. The lowest BCUT2D eigenvalue weighted by Crippen LogP contribution is -2.34. The molecule has 5 heteroatoms. The lowest BCUT2D eigenvalue weighted by atomic mass is 9.78. The molecule has 1 aliphatic rings. The molecule has 0 amide bonds. The summed E-state index contributed by atoms with van der Waals surface area (Å²) < 4.78 is 14.9. The molecule has 7 rings (SSSR count). The van der Waals surface area contributed by atoms with Gasteiger partial charge in [0.15, 0.2) is 0 Å². The van der Waals surface area contributed by atoms with E-state index < -0.39 is 0 Å². The first-order chi connectivity index (χ1) is 18.0. The number of hydrogen-bond donors (Lipinski definition) is 0. The highest BCUT2D eigenvalue weighted by molar-refractivity contribution is 6.62. The van der Waals surface area contributed by atoms with E-state index >= 15 is 0 Å². The smallest absolute Gasteiger partial charge is 0.402 e. The van der Waals surface area contributed by atoms with Gasteiger partial charge < -0.3 is 9.31 Å². The number of aromatic nitrogens is 2. The van der Waals surface area contributed by atoms with Gasteiger partial charge in [0.05, 0.1) is 28.6 Å². The van der Waals surface area contributed by atoms with Crippen LogP contribution < -0.4 is 5.46 Å². The van der Waals surface area contributed by atoms with Crippen LogP contribution in [-0.2, 0) is 9.31 Å². The monoisotopic (exact) mass is 482 g/mol. The summed E-state index contributed by atoms with van der Waals surface area (Å²) in [6.45, 7) is 6.24. The minimum atomic E-state index is -0.389. The maximum atomic E-state index is 6.31. The number of pyridine rings is 1. The van der Waals surface area contributed by atoms with E-state index in [9.17, 15) is 0 Å². The molecule has 37 heavy (non-hydrogen) atoms. The van der Waals surface area contributed by atoms with Gasteiger partial charge in [-0.25, -0.2) is 4.98 Å². The van der Waals surface area contributed by atoms with Crippen molar-refractivity contribution < 1.29 is 9.31 Å². The molecule has 6 aromatic rings. The van der Waals surface area contributed by atoms with Crippen LogP contribution in [0.15, 0.2) is 103 Å². The van der Waals surface area contributed by atoms with Crippen molar-refractivity contribution in [3.8, 4) is 22.5 Å². The lowest BCUT2D eigenvalue weighted by molar-refractivity contribution is 0.0842. The average molecular weight is 482 g/mol. The van der Waals surface area contributed by atoms with E-state index in [-0.39, 0.29) is 18.8 Å². The van der Waals surface area contributed by atoms with E-state index in [2.05, 4.69) is 122 Å². The predicted octanol–water partition coefficient (Wildman–Crippen LogP) is 6.88. The van der Waals surface area contributed by atoms with Gasteiger partial charge in [-0.3, -0.25) is 4.40 Å². The third-order valence-electron chi connectivity index (χ3n) is 7.68. The average Bonchev–Trinajstić information content (AvgIpc) is 3.47. The van der Waals surface area contributed by atoms with Crippen molar-refractivity contribution in [1.29, 1.82) is 0 Å². The topological polar surface area (TPSA) is 35.8 Å². The first-order valence-corrected chi connectivity index (χ1v) is 12.8. The van der Waals surface area contributed by atoms with E-state index in [1.54, 1.807) is 0 Å². The second kappa shape index (κ2) is 8.30. The maximum absolute atomic E-state index is 6.31. The molecule has 180 valence electrons. The molecule has 0 aliphatic carbocycles. The summed E-state index contributed by atoms with van der Waals surface area (Å²) in [7, 11) is -0.389. The molecule has 0 saturated carbocycles. The van der Waals surface area contributed by atoms with Crippen LogP contribution >= 0.6 is 0 Å². The number of imidazole rings is 1. The van der Waals surface area contributed by atoms with Crippen molar-refractivity contribution in [3.63, 3.8) is 0 Å². The number of hydrogen-bond acceptors (Lipinski definition) is 3. The normalized spacial score (nSPS) is 17.3. The first-order valence-electron chi connectivity index (χ1n) is 12.8. The van der Waals surface area contributed by atoms with Crippen molar-refractivity contribution in [1.82, 2.24) is 9.38 Å². The van der Waals surface area contributed by atoms with Gasteiger partial charge >= 0.3 is 7.12 Å². The Labute approximate surface area is 216 Å². The second-order valence-corrected chi connectivity index (χ2v) is 10.4. The van der Waals surface area contributed by atoms with Crippen LogP contribution in [0, 0.1) is 0 Å². The van der Waals surface area contributed by atoms with Gasteiger partial charge in [0.2, 0.25) is 0 Å². The van der Waals surface area contributed by atoms with Crippen molar-refractivity contribution in [2.75, 3.05) is 0 Å². The third kappa shape index (κ3) is 3.50. The molecule has 1 fully saturated rings. The van der Waals surface area contributed by atoms with Gasteiger partial charge in [0.1, 0.15) is 5.65 Å². The van der Waals surface area contributed by atoms with Crippen molar-refractivity contribution >= 4 is 39.9 Å². The minimum absolute atomic E-state index is 0.0131. The van der Waals surface area contributed by atoms with Crippen LogP contribution in [0.2, 0.25) is 0 Å². The van der Waals surface area contributed by atoms with Gasteiger partial charge in [0.25, 0.3) is 0 Å². The number of nitrogens with zero attached hydrogens (tertiary/aromatic N) is 2. The molecule has 0 spiro atoms. The molecule has 3 heterocycles. The molecule has 1 atom stereocenters. The summed E-state index contributed by atoms with van der Waals surface area (Å²) in [6, 6.07) is 36.1. The van der Waals surface area contributed by atoms with Crippen LogP contribution in [0.4, 0.5) is 0 Å². The van der Waals surface area contributed by atoms with E-state index in [0.29, 0.717) is 0 Å². The molecule has 4 nitrogen and oxygen atoms in total. The molecule has 1 saturated heterocycles. The van der Waals surface area contributed by atoms with E-state index in [4.69, 9.17) is 14.3 Å². The van der Waals surface area contributed by atoms with Gasteiger partial charge in [-0.2, -0.15) is 0 Å². The fraction of sp³-hybridized carbons (Fsp3) is 0.156. The molecule has 0 bridgehead atoms. The second-order valence-electron chi connectivity index (χ2n) is 10.4. The SMILES string of the molecule is CC1OB(c2ccc3c(c2)c2ccccc2c2nc(-c4ccccc4)c(-c4ccccc4)n32)OC1(C)C. The van der Waals surface area contributed by atoms with Gasteiger partial charge in [-0.05, 0) is 37.7 Å². The van der Waals surface area contributed by atoms with Crippen LogP contribution in [-0.4, -0.2) is 28.2 Å². The molecule has 1 unspecified atom stereocenters. The summed E-state index contributed by atoms with van der Waals surface area (Å²) in [5, 5.41) is 3.44. The molecular formula is C32H27BN2O2. The van der Waals surface area contributed by atoms with E-state index in [0.717, 1.165) is 49.9 Å². The highest BCUT2D eigenvalue weighted by Crippen LogP contribution is 2.38. The summed E-state index contributed by atoms with van der Waals surface area (Å²) in [5.41, 5.74) is 7.06. The summed E-state index contributed by atoms with van der Waals surface area (Å²) in [4.78, 5) is 5.28. The number of rotatable bonds is 3. The largest absolute Gasteiger partial charge is 0.494 e. The van der Waals surface area contributed by atoms with E-state index in [1.807, 2.05) is 6.07 Å². The van der Waals surface area contributed by atoms with Crippen LogP contribution in [0.3, 0.4) is 0 Å². The highest BCUT2D eigenvalue weighted by atomic mass is 16.7. The van der Waals surface area contributed by atoms with Crippen LogP contribution in [0.25, 0.3) is 49.8 Å². The zero-order chi connectivity index (χ0) is 25.1. The Morgan fingerprint density at radius 1 is 0.757 bits per heavy atom. The fourth-order valence-electron chi connectivity index (χ4n) is 5.41. The van der Waals surface area contributed by atoms with Crippen molar-refractivity contribution in [2.24, 2.45) is 0 Å². The molecule has 4 aromatic carbocycles. The van der Waals surface area contributed by atoms with Crippen LogP contribution in [0.5, 0.6) is 0 Å². The minimum Gasteiger partial charge on any atom is -0.402 e. The lowest BCUT2D eigenvalue weighted by Gasteiger charge is -2.21. The van der Waals surface area contributed by atoms with Gasteiger partial charge in [0, 0.05) is 21.9 Å². The van der Waals surface area contributed by atoms with Crippen molar-refractivity contribution in [3.05, 3.63) is 103 Å². The Hall–Kier alpha value is -3.93. The third-order valence-corrected chi connectivity index (χ3v) is 7.68.